The Morgan fingerprint density at radius 1 is 0.875 bits per heavy atom. The summed E-state index contributed by atoms with van der Waals surface area (Å²) in [7, 11) is 0. The van der Waals surface area contributed by atoms with E-state index in [9.17, 15) is 40.5 Å². The minimum absolute atomic E-state index is 0.748. The van der Waals surface area contributed by atoms with Crippen LogP contribution < -0.4 is 0 Å². The quantitative estimate of drug-likeness (QED) is 0.238. The molecule has 8 N–H and O–H groups in total. The molecule has 0 aromatic rings. The lowest BCUT2D eigenvalue weighted by Crippen LogP contribution is -2.64. The summed E-state index contributed by atoms with van der Waals surface area (Å²) in [6, 6.07) is 0. The summed E-state index contributed by atoms with van der Waals surface area (Å²) in [5, 5.41) is 76.2. The van der Waals surface area contributed by atoms with Gasteiger partial charge >= 0.3 is 5.97 Å². The van der Waals surface area contributed by atoms with Gasteiger partial charge in [-0.25, -0.2) is 4.79 Å². The van der Waals surface area contributed by atoms with Crippen molar-refractivity contribution in [3.8, 4) is 0 Å². The van der Waals surface area contributed by atoms with Gasteiger partial charge in [0.2, 0.25) is 0 Å². The van der Waals surface area contributed by atoms with E-state index < -0.39 is 74.0 Å². The number of aliphatic carboxylic acids is 1. The monoisotopic (exact) mass is 356 g/mol. The number of carbonyl (C=O) groups is 1. The van der Waals surface area contributed by atoms with Gasteiger partial charge < -0.3 is 55.1 Å². The molecule has 0 radical (unpaired) electrons. The topological polar surface area (TPSA) is 207 Å². The number of aliphatic hydroxyl groups is 7. The molecule has 0 aromatic carbocycles. The maximum absolute atomic E-state index is 11.0. The Labute approximate surface area is 135 Å². The Balaban J connectivity index is 2.16. The number of rotatable bonds is 4. The third-order valence-corrected chi connectivity index (χ3v) is 3.94. The summed E-state index contributed by atoms with van der Waals surface area (Å²) in [4.78, 5) is 11.0. The van der Waals surface area contributed by atoms with Crippen molar-refractivity contribution in [3.63, 3.8) is 0 Å². The van der Waals surface area contributed by atoms with Crippen LogP contribution in [0.15, 0.2) is 0 Å². The van der Waals surface area contributed by atoms with E-state index in [1.54, 1.807) is 0 Å². The summed E-state index contributed by atoms with van der Waals surface area (Å²) in [6.45, 7) is -0.748. The minimum Gasteiger partial charge on any atom is -0.479 e. The van der Waals surface area contributed by atoms with Gasteiger partial charge in [-0.3, -0.25) is 0 Å². The Bertz CT molecular complexity index is 444. The van der Waals surface area contributed by atoms with E-state index in [1.165, 1.54) is 0 Å². The molecular formula is C12H20O12. The number of carboxylic acid groups (broad SMARTS) is 1. The van der Waals surface area contributed by atoms with Gasteiger partial charge in [-0.2, -0.15) is 0 Å². The van der Waals surface area contributed by atoms with Crippen molar-refractivity contribution in [2.24, 2.45) is 0 Å². The molecule has 2 aliphatic rings. The second-order valence-electron chi connectivity index (χ2n) is 5.56. The zero-order valence-corrected chi connectivity index (χ0v) is 12.2. The van der Waals surface area contributed by atoms with Gasteiger partial charge in [-0.1, -0.05) is 0 Å². The maximum atomic E-state index is 11.0. The van der Waals surface area contributed by atoms with E-state index in [2.05, 4.69) is 0 Å². The fourth-order valence-electron chi connectivity index (χ4n) is 2.55. The number of carboxylic acids is 1. The van der Waals surface area contributed by atoms with Gasteiger partial charge in [0, 0.05) is 0 Å². The van der Waals surface area contributed by atoms with Crippen molar-refractivity contribution in [1.82, 2.24) is 0 Å². The highest BCUT2D eigenvalue weighted by Gasteiger charge is 2.51. The molecule has 0 aromatic heterocycles. The van der Waals surface area contributed by atoms with E-state index in [1.807, 2.05) is 0 Å². The summed E-state index contributed by atoms with van der Waals surface area (Å²) >= 11 is 0. The molecule has 0 saturated carbocycles. The minimum atomic E-state index is -1.93. The van der Waals surface area contributed by atoms with Crippen molar-refractivity contribution in [2.75, 3.05) is 6.61 Å². The van der Waals surface area contributed by atoms with Crippen molar-refractivity contribution in [3.05, 3.63) is 0 Å². The summed E-state index contributed by atoms with van der Waals surface area (Å²) in [5.74, 6) is -1.63. The molecule has 0 amide bonds. The average molecular weight is 356 g/mol. The fourth-order valence-corrected chi connectivity index (χ4v) is 2.55. The molecule has 24 heavy (non-hydrogen) atoms. The normalized spacial score (nSPS) is 49.8. The van der Waals surface area contributed by atoms with Gasteiger partial charge in [-0.15, -0.1) is 0 Å². The molecule has 2 saturated heterocycles. The van der Waals surface area contributed by atoms with Crippen molar-refractivity contribution in [2.45, 2.75) is 61.4 Å². The van der Waals surface area contributed by atoms with E-state index in [0.29, 0.717) is 0 Å². The summed E-state index contributed by atoms with van der Waals surface area (Å²) in [6.07, 6.45) is -17.7. The molecule has 10 atom stereocenters. The predicted octanol–water partition coefficient (Wildman–Crippen LogP) is -5.30. The first-order valence-electron chi connectivity index (χ1n) is 7.07. The molecule has 0 aliphatic carbocycles. The average Bonchev–Trinajstić information content (AvgIpc) is 2.54. The van der Waals surface area contributed by atoms with Crippen LogP contribution in [0.25, 0.3) is 0 Å². The largest absolute Gasteiger partial charge is 0.479 e. The van der Waals surface area contributed by atoms with Gasteiger partial charge in [-0.05, 0) is 0 Å². The lowest BCUT2D eigenvalue weighted by atomic mass is 9.97. The van der Waals surface area contributed by atoms with Crippen LogP contribution in [0.4, 0.5) is 0 Å². The molecule has 12 nitrogen and oxygen atoms in total. The molecule has 2 aliphatic heterocycles. The van der Waals surface area contributed by atoms with Crippen LogP contribution in [0.1, 0.15) is 0 Å². The Kier molecular flexibility index (Phi) is 6.09. The van der Waals surface area contributed by atoms with Crippen molar-refractivity contribution >= 4 is 5.97 Å². The zero-order valence-electron chi connectivity index (χ0n) is 12.2. The van der Waals surface area contributed by atoms with E-state index >= 15 is 0 Å². The summed E-state index contributed by atoms with van der Waals surface area (Å²) in [5.41, 5.74) is 0. The first-order valence-corrected chi connectivity index (χ1v) is 7.07. The standard InChI is InChI=1S/C12H20O12/c13-1-2-8(5(16)6(17)11(21)22-2)23-12-7(18)3(14)4(15)9(24-12)10(19)20/h2-9,11-18,21H,1H2,(H,19,20)/t2-,3+,4+,5-,6-,7-,8+,9+,11?,12-/m1/s1. The van der Waals surface area contributed by atoms with Crippen LogP contribution in [0.5, 0.6) is 0 Å². The van der Waals surface area contributed by atoms with Crippen LogP contribution in [-0.2, 0) is 19.0 Å². The molecular weight excluding hydrogens is 336 g/mol. The van der Waals surface area contributed by atoms with Gasteiger partial charge in [0.25, 0.3) is 0 Å². The molecule has 2 heterocycles. The Morgan fingerprint density at radius 2 is 1.50 bits per heavy atom. The van der Waals surface area contributed by atoms with Crippen molar-refractivity contribution in [1.29, 1.82) is 0 Å². The molecule has 2 rings (SSSR count). The third kappa shape index (κ3) is 3.52. The summed E-state index contributed by atoms with van der Waals surface area (Å²) < 4.78 is 14.9. The van der Waals surface area contributed by atoms with Crippen LogP contribution >= 0.6 is 0 Å². The first kappa shape index (κ1) is 19.4. The lowest BCUT2D eigenvalue weighted by molar-refractivity contribution is -0.351. The third-order valence-electron chi connectivity index (χ3n) is 3.94. The number of ether oxygens (including phenoxy) is 3. The molecule has 0 bridgehead atoms. The zero-order chi connectivity index (χ0) is 18.2. The first-order chi connectivity index (χ1) is 11.2. The second-order valence-corrected chi connectivity index (χ2v) is 5.56. The van der Waals surface area contributed by atoms with E-state index in [0.717, 1.165) is 0 Å². The highest BCUT2D eigenvalue weighted by Crippen LogP contribution is 2.28. The van der Waals surface area contributed by atoms with Crippen LogP contribution in [-0.4, -0.2) is 115 Å². The molecule has 12 heteroatoms. The Morgan fingerprint density at radius 3 is 2.04 bits per heavy atom. The number of aliphatic hydroxyl groups excluding tert-OH is 7. The molecule has 2 fully saturated rings. The predicted molar refractivity (Wildman–Crippen MR) is 69.2 cm³/mol. The highest BCUT2D eigenvalue weighted by molar-refractivity contribution is 5.73. The van der Waals surface area contributed by atoms with Gasteiger partial charge in [0.05, 0.1) is 6.61 Å². The molecule has 1 unspecified atom stereocenters. The van der Waals surface area contributed by atoms with Crippen LogP contribution in [0.2, 0.25) is 0 Å². The SMILES string of the molecule is O=C(O)[C@H]1O[C@@H](O[C@@H]2[C@H](O)[C@@H](O)C(O)O[C@@H]2CO)[C@H](O)[C@@H](O)[C@@H]1O. The number of hydrogen-bond donors (Lipinski definition) is 8. The van der Waals surface area contributed by atoms with E-state index in [4.69, 9.17) is 19.3 Å². The van der Waals surface area contributed by atoms with Crippen LogP contribution in [0.3, 0.4) is 0 Å². The van der Waals surface area contributed by atoms with Gasteiger partial charge in [0.15, 0.2) is 18.7 Å². The van der Waals surface area contributed by atoms with Gasteiger partial charge in [0.1, 0.15) is 42.7 Å². The highest BCUT2D eigenvalue weighted by atomic mass is 16.7. The number of hydrogen-bond acceptors (Lipinski definition) is 11. The Hall–Kier alpha value is -0.930. The molecule has 0 spiro atoms. The van der Waals surface area contributed by atoms with Crippen molar-refractivity contribution < 1.29 is 59.9 Å². The molecule has 140 valence electrons. The second kappa shape index (κ2) is 7.53. The lowest BCUT2D eigenvalue weighted by Gasteiger charge is -2.44. The maximum Gasteiger partial charge on any atom is 0.335 e. The fraction of sp³-hybridized carbons (Fsp3) is 0.917. The van der Waals surface area contributed by atoms with Crippen LogP contribution in [0, 0.1) is 0 Å². The smallest absolute Gasteiger partial charge is 0.335 e. The van der Waals surface area contributed by atoms with E-state index in [-0.39, 0.29) is 0 Å².